The third kappa shape index (κ3) is 2.47. The van der Waals surface area contributed by atoms with E-state index >= 15 is 0 Å². The normalized spacial score (nSPS) is 10.5. The molecule has 2 rings (SSSR count). The average Bonchev–Trinajstić information content (AvgIpc) is 2.85. The molecule has 0 amide bonds. The Morgan fingerprint density at radius 2 is 2.38 bits per heavy atom. The van der Waals surface area contributed by atoms with Crippen molar-refractivity contribution >= 4 is 5.97 Å². The molecule has 0 atom stereocenters. The molecule has 2 heterocycles. The maximum absolute atomic E-state index is 10.3. The molecule has 2 aromatic rings. The first-order chi connectivity index (χ1) is 7.75. The number of hydrogen-bond donors (Lipinski definition) is 1. The second-order valence-corrected chi connectivity index (χ2v) is 3.27. The van der Waals surface area contributed by atoms with E-state index in [1.165, 1.54) is 12.5 Å². The maximum Gasteiger partial charge on any atom is 0.303 e. The summed E-state index contributed by atoms with van der Waals surface area (Å²) in [5.41, 5.74) is 0.744. The molecule has 0 radical (unpaired) electrons. The van der Waals surface area contributed by atoms with Gasteiger partial charge in [0.05, 0.1) is 11.8 Å². The third-order valence-corrected chi connectivity index (χ3v) is 2.03. The van der Waals surface area contributed by atoms with Gasteiger partial charge in [-0.1, -0.05) is 5.16 Å². The summed E-state index contributed by atoms with van der Waals surface area (Å²) >= 11 is 0. The standard InChI is InChI=1S/C10H10N2O4/c13-9(14)3-1-2-8-11-10(12-16-8)7-4-5-15-6-7/h4-6H,1-3H2,(H,13,14). The van der Waals surface area contributed by atoms with Crippen molar-refractivity contribution in [3.05, 3.63) is 24.5 Å². The molecule has 0 unspecified atom stereocenters. The number of carboxylic acids is 1. The number of aromatic nitrogens is 2. The van der Waals surface area contributed by atoms with Gasteiger partial charge in [0.25, 0.3) is 0 Å². The van der Waals surface area contributed by atoms with Crippen molar-refractivity contribution in [2.24, 2.45) is 0 Å². The highest BCUT2D eigenvalue weighted by Gasteiger charge is 2.09. The van der Waals surface area contributed by atoms with E-state index in [1.807, 2.05) is 0 Å². The predicted octanol–water partition coefficient (Wildman–Crippen LogP) is 1.74. The van der Waals surface area contributed by atoms with E-state index in [4.69, 9.17) is 14.0 Å². The molecule has 0 aliphatic rings. The first-order valence-electron chi connectivity index (χ1n) is 4.82. The molecule has 0 aliphatic heterocycles. The van der Waals surface area contributed by atoms with Crippen LogP contribution in [0, 0.1) is 0 Å². The van der Waals surface area contributed by atoms with Crippen molar-refractivity contribution in [3.63, 3.8) is 0 Å². The first-order valence-corrected chi connectivity index (χ1v) is 4.82. The number of carbonyl (C=O) groups is 1. The van der Waals surface area contributed by atoms with Crippen LogP contribution in [0.15, 0.2) is 27.5 Å². The van der Waals surface area contributed by atoms with E-state index < -0.39 is 5.97 Å². The summed E-state index contributed by atoms with van der Waals surface area (Å²) in [5.74, 6) is 0.0751. The minimum absolute atomic E-state index is 0.101. The van der Waals surface area contributed by atoms with E-state index in [1.54, 1.807) is 6.07 Å². The van der Waals surface area contributed by atoms with E-state index in [0.717, 1.165) is 5.56 Å². The molecule has 2 aromatic heterocycles. The van der Waals surface area contributed by atoms with Gasteiger partial charge in [-0.25, -0.2) is 0 Å². The minimum atomic E-state index is -0.824. The largest absolute Gasteiger partial charge is 0.481 e. The molecule has 1 N–H and O–H groups in total. The Kier molecular flexibility index (Phi) is 3.00. The summed E-state index contributed by atoms with van der Waals surface area (Å²) in [6.07, 6.45) is 4.10. The van der Waals surface area contributed by atoms with Crippen molar-refractivity contribution < 1.29 is 18.8 Å². The van der Waals surface area contributed by atoms with Gasteiger partial charge in [0.2, 0.25) is 11.7 Å². The Balaban J connectivity index is 1.95. The zero-order valence-corrected chi connectivity index (χ0v) is 8.42. The number of hydrogen-bond acceptors (Lipinski definition) is 5. The number of carboxylic acid groups (broad SMARTS) is 1. The van der Waals surface area contributed by atoms with Crippen LogP contribution >= 0.6 is 0 Å². The Labute approximate surface area is 90.9 Å². The highest BCUT2D eigenvalue weighted by atomic mass is 16.5. The van der Waals surface area contributed by atoms with Gasteiger partial charge >= 0.3 is 5.97 Å². The van der Waals surface area contributed by atoms with Crippen molar-refractivity contribution in [2.45, 2.75) is 19.3 Å². The van der Waals surface area contributed by atoms with E-state index in [0.29, 0.717) is 24.6 Å². The summed E-state index contributed by atoms with van der Waals surface area (Å²) in [5, 5.41) is 12.2. The predicted molar refractivity (Wildman–Crippen MR) is 52.6 cm³/mol. The summed E-state index contributed by atoms with van der Waals surface area (Å²) in [6, 6.07) is 1.73. The van der Waals surface area contributed by atoms with Crippen molar-refractivity contribution in [3.8, 4) is 11.4 Å². The molecule has 6 heteroatoms. The third-order valence-electron chi connectivity index (χ3n) is 2.03. The summed E-state index contributed by atoms with van der Waals surface area (Å²) < 4.78 is 9.87. The number of furan rings is 1. The van der Waals surface area contributed by atoms with Gasteiger partial charge in [-0.15, -0.1) is 0 Å². The van der Waals surface area contributed by atoms with Crippen LogP contribution in [0.4, 0.5) is 0 Å². The molecule has 0 aliphatic carbocycles. The Hall–Kier alpha value is -2.11. The van der Waals surface area contributed by atoms with Gasteiger partial charge in [-0.2, -0.15) is 4.98 Å². The lowest BCUT2D eigenvalue weighted by Gasteiger charge is -1.90. The molecule has 84 valence electrons. The molecule has 16 heavy (non-hydrogen) atoms. The van der Waals surface area contributed by atoms with Crippen LogP contribution in [0.3, 0.4) is 0 Å². The molecular weight excluding hydrogens is 212 g/mol. The van der Waals surface area contributed by atoms with Gasteiger partial charge in [0.15, 0.2) is 0 Å². The van der Waals surface area contributed by atoms with Gasteiger partial charge in [0.1, 0.15) is 6.26 Å². The first kappa shape index (κ1) is 10.4. The van der Waals surface area contributed by atoms with Crippen LogP contribution < -0.4 is 0 Å². The van der Waals surface area contributed by atoms with Gasteiger partial charge in [0, 0.05) is 12.8 Å². The topological polar surface area (TPSA) is 89.4 Å². The zero-order valence-electron chi connectivity index (χ0n) is 8.42. The lowest BCUT2D eigenvalue weighted by Crippen LogP contribution is -1.95. The SMILES string of the molecule is O=C(O)CCCc1nc(-c2ccoc2)no1. The second-order valence-electron chi connectivity index (χ2n) is 3.27. The summed E-state index contributed by atoms with van der Waals surface area (Å²) in [6.45, 7) is 0. The summed E-state index contributed by atoms with van der Waals surface area (Å²) in [7, 11) is 0. The fourth-order valence-corrected chi connectivity index (χ4v) is 1.26. The Morgan fingerprint density at radius 1 is 1.50 bits per heavy atom. The smallest absolute Gasteiger partial charge is 0.303 e. The monoisotopic (exact) mass is 222 g/mol. The number of aryl methyl sites for hydroxylation is 1. The molecule has 0 fully saturated rings. The highest BCUT2D eigenvalue weighted by Crippen LogP contribution is 2.16. The number of nitrogens with zero attached hydrogens (tertiary/aromatic N) is 2. The average molecular weight is 222 g/mol. The maximum atomic E-state index is 10.3. The van der Waals surface area contributed by atoms with Gasteiger partial charge in [-0.05, 0) is 12.5 Å². The lowest BCUT2D eigenvalue weighted by atomic mass is 10.2. The second kappa shape index (κ2) is 4.61. The minimum Gasteiger partial charge on any atom is -0.481 e. The molecule has 0 saturated heterocycles. The van der Waals surface area contributed by atoms with Crippen LogP contribution in [-0.2, 0) is 11.2 Å². The lowest BCUT2D eigenvalue weighted by molar-refractivity contribution is -0.137. The molecule has 0 bridgehead atoms. The van der Waals surface area contributed by atoms with Crippen LogP contribution in [0.1, 0.15) is 18.7 Å². The number of rotatable bonds is 5. The molecule has 0 spiro atoms. The number of aliphatic carboxylic acids is 1. The van der Waals surface area contributed by atoms with Gasteiger partial charge < -0.3 is 14.0 Å². The zero-order chi connectivity index (χ0) is 11.4. The molecule has 6 nitrogen and oxygen atoms in total. The van der Waals surface area contributed by atoms with E-state index in [-0.39, 0.29) is 6.42 Å². The van der Waals surface area contributed by atoms with Crippen molar-refractivity contribution in [2.75, 3.05) is 0 Å². The fraction of sp³-hybridized carbons (Fsp3) is 0.300. The van der Waals surface area contributed by atoms with Crippen molar-refractivity contribution in [1.29, 1.82) is 0 Å². The Bertz CT molecular complexity index is 461. The quantitative estimate of drug-likeness (QED) is 0.828. The van der Waals surface area contributed by atoms with Crippen LogP contribution in [0.25, 0.3) is 11.4 Å². The highest BCUT2D eigenvalue weighted by molar-refractivity contribution is 5.66. The van der Waals surface area contributed by atoms with Crippen LogP contribution in [-0.4, -0.2) is 21.2 Å². The molecule has 0 saturated carbocycles. The van der Waals surface area contributed by atoms with Crippen LogP contribution in [0.2, 0.25) is 0 Å². The molecule has 0 aromatic carbocycles. The van der Waals surface area contributed by atoms with E-state index in [2.05, 4.69) is 10.1 Å². The van der Waals surface area contributed by atoms with Crippen LogP contribution in [0.5, 0.6) is 0 Å². The fourth-order valence-electron chi connectivity index (χ4n) is 1.26. The Morgan fingerprint density at radius 3 is 3.06 bits per heavy atom. The van der Waals surface area contributed by atoms with Crippen molar-refractivity contribution in [1.82, 2.24) is 10.1 Å². The molecular formula is C10H10N2O4. The summed E-state index contributed by atoms with van der Waals surface area (Å²) in [4.78, 5) is 14.4. The van der Waals surface area contributed by atoms with E-state index in [9.17, 15) is 4.79 Å². The van der Waals surface area contributed by atoms with Gasteiger partial charge in [-0.3, -0.25) is 4.79 Å².